The van der Waals surface area contributed by atoms with Gasteiger partial charge in [0, 0.05) is 11.9 Å². The molecule has 0 saturated carbocycles. The average Bonchev–Trinajstić information content (AvgIpc) is 2.50. The van der Waals surface area contributed by atoms with Gasteiger partial charge in [0.25, 0.3) is 0 Å². The highest BCUT2D eigenvalue weighted by molar-refractivity contribution is 9.09. The van der Waals surface area contributed by atoms with Crippen molar-refractivity contribution < 1.29 is 9.53 Å². The molecule has 0 amide bonds. The Hall–Kier alpha value is -0.0900. The molecule has 1 rings (SSSR count). The van der Waals surface area contributed by atoms with Crippen LogP contribution in [0.15, 0.2) is 0 Å². The van der Waals surface area contributed by atoms with Crippen LogP contribution in [0.1, 0.15) is 64.7 Å². The van der Waals surface area contributed by atoms with E-state index < -0.39 is 0 Å². The molecular weight excluding hydrogens is 330 g/mol. The van der Waals surface area contributed by atoms with E-state index in [0.29, 0.717) is 6.61 Å². The summed E-state index contributed by atoms with van der Waals surface area (Å²) in [6, 6.07) is 0. The number of ether oxygens (including phenoxy) is 1. The second kappa shape index (κ2) is 12.5. The number of alkyl halides is 1. The highest BCUT2D eigenvalue weighted by atomic mass is 79.9. The van der Waals surface area contributed by atoms with E-state index in [-0.39, 0.29) is 11.9 Å². The first-order valence-electron chi connectivity index (χ1n) is 8.73. The van der Waals surface area contributed by atoms with E-state index in [1.165, 1.54) is 44.9 Å². The van der Waals surface area contributed by atoms with E-state index in [1.54, 1.807) is 0 Å². The monoisotopic (exact) mass is 361 g/mol. The Kier molecular flexibility index (Phi) is 11.2. The molecule has 1 unspecified atom stereocenters. The van der Waals surface area contributed by atoms with Crippen molar-refractivity contribution in [2.75, 3.05) is 31.6 Å². The molecule has 0 N–H and O–H groups in total. The van der Waals surface area contributed by atoms with Gasteiger partial charge in [0.15, 0.2) is 0 Å². The molecule has 0 aromatic rings. The predicted octanol–water partition coefficient (Wildman–Crippen LogP) is 4.39. The van der Waals surface area contributed by atoms with Crippen LogP contribution in [0, 0.1) is 5.92 Å². The molecule has 21 heavy (non-hydrogen) atoms. The maximum absolute atomic E-state index is 11.8. The number of hydrogen-bond acceptors (Lipinski definition) is 3. The molecule has 124 valence electrons. The van der Waals surface area contributed by atoms with Gasteiger partial charge in [-0.05, 0) is 45.7 Å². The van der Waals surface area contributed by atoms with Gasteiger partial charge in [0.1, 0.15) is 0 Å². The minimum atomic E-state index is 0.00833. The van der Waals surface area contributed by atoms with Crippen molar-refractivity contribution >= 4 is 21.9 Å². The third-order valence-electron chi connectivity index (χ3n) is 4.23. The van der Waals surface area contributed by atoms with Crippen LogP contribution in [0.4, 0.5) is 0 Å². The van der Waals surface area contributed by atoms with Crippen molar-refractivity contribution in [1.82, 2.24) is 4.90 Å². The smallest absolute Gasteiger partial charge is 0.310 e. The molecule has 1 heterocycles. The van der Waals surface area contributed by atoms with Crippen LogP contribution in [0.2, 0.25) is 0 Å². The fourth-order valence-corrected chi connectivity index (χ4v) is 3.42. The fraction of sp³-hybridized carbons (Fsp3) is 0.941. The summed E-state index contributed by atoms with van der Waals surface area (Å²) < 4.78 is 5.15. The first-order chi connectivity index (χ1) is 10.3. The fourth-order valence-electron chi connectivity index (χ4n) is 3.02. The van der Waals surface area contributed by atoms with Gasteiger partial charge in [-0.3, -0.25) is 4.79 Å². The van der Waals surface area contributed by atoms with Gasteiger partial charge < -0.3 is 9.64 Å². The van der Waals surface area contributed by atoms with Crippen LogP contribution in [-0.2, 0) is 9.53 Å². The van der Waals surface area contributed by atoms with E-state index in [2.05, 4.69) is 20.8 Å². The lowest BCUT2D eigenvalue weighted by Gasteiger charge is -2.31. The molecule has 0 radical (unpaired) electrons. The highest BCUT2D eigenvalue weighted by Gasteiger charge is 2.26. The SMILES string of the molecule is CCOC(=O)C1CCCN(CCCCCCCCCBr)C1. The summed E-state index contributed by atoms with van der Waals surface area (Å²) in [5.41, 5.74) is 0. The molecule has 4 heteroatoms. The van der Waals surface area contributed by atoms with E-state index >= 15 is 0 Å². The first-order valence-corrected chi connectivity index (χ1v) is 9.85. The van der Waals surface area contributed by atoms with Gasteiger partial charge in [-0.2, -0.15) is 0 Å². The van der Waals surface area contributed by atoms with Crippen molar-refractivity contribution in [1.29, 1.82) is 0 Å². The molecule has 0 aliphatic carbocycles. The number of esters is 1. The first kappa shape index (κ1) is 19.0. The minimum absolute atomic E-state index is 0.00833. The number of carbonyl (C=O) groups excluding carboxylic acids is 1. The van der Waals surface area contributed by atoms with E-state index in [0.717, 1.165) is 37.8 Å². The molecule has 0 aromatic heterocycles. The Morgan fingerprint density at radius 1 is 1.14 bits per heavy atom. The number of nitrogens with zero attached hydrogens (tertiary/aromatic N) is 1. The molecule has 1 saturated heterocycles. The number of likely N-dealkylation sites (tertiary alicyclic amines) is 1. The maximum Gasteiger partial charge on any atom is 0.310 e. The summed E-state index contributed by atoms with van der Waals surface area (Å²) >= 11 is 3.47. The molecule has 0 spiro atoms. The summed E-state index contributed by atoms with van der Waals surface area (Å²) in [4.78, 5) is 14.2. The highest BCUT2D eigenvalue weighted by Crippen LogP contribution is 2.18. The number of piperidine rings is 1. The molecular formula is C17H32BrNO2. The maximum atomic E-state index is 11.8. The zero-order valence-corrected chi connectivity index (χ0v) is 15.2. The van der Waals surface area contributed by atoms with Crippen LogP contribution in [0.25, 0.3) is 0 Å². The van der Waals surface area contributed by atoms with Gasteiger partial charge in [-0.25, -0.2) is 0 Å². The predicted molar refractivity (Wildman–Crippen MR) is 91.9 cm³/mol. The Morgan fingerprint density at radius 2 is 1.81 bits per heavy atom. The van der Waals surface area contributed by atoms with Gasteiger partial charge >= 0.3 is 5.97 Å². The summed E-state index contributed by atoms with van der Waals surface area (Å²) in [6.45, 7) is 5.60. The lowest BCUT2D eigenvalue weighted by molar-refractivity contribution is -0.149. The third-order valence-corrected chi connectivity index (χ3v) is 4.79. The van der Waals surface area contributed by atoms with Gasteiger partial charge in [-0.15, -0.1) is 0 Å². The molecule has 1 aliphatic heterocycles. The molecule has 3 nitrogen and oxygen atoms in total. The number of rotatable bonds is 11. The summed E-state index contributed by atoms with van der Waals surface area (Å²) in [6.07, 6.45) is 11.5. The number of hydrogen-bond donors (Lipinski definition) is 0. The van der Waals surface area contributed by atoms with Crippen molar-refractivity contribution in [3.05, 3.63) is 0 Å². The van der Waals surface area contributed by atoms with E-state index in [1.807, 2.05) is 6.92 Å². The van der Waals surface area contributed by atoms with Gasteiger partial charge in [0.05, 0.1) is 12.5 Å². The Labute approximate surface area is 138 Å². The van der Waals surface area contributed by atoms with Crippen molar-refractivity contribution in [3.63, 3.8) is 0 Å². The van der Waals surface area contributed by atoms with Crippen LogP contribution >= 0.6 is 15.9 Å². The number of unbranched alkanes of at least 4 members (excludes halogenated alkanes) is 6. The topological polar surface area (TPSA) is 29.5 Å². The largest absolute Gasteiger partial charge is 0.466 e. The van der Waals surface area contributed by atoms with Crippen LogP contribution in [-0.4, -0.2) is 42.4 Å². The third kappa shape index (κ3) is 8.82. The zero-order chi connectivity index (χ0) is 15.3. The molecule has 0 aromatic carbocycles. The van der Waals surface area contributed by atoms with E-state index in [9.17, 15) is 4.79 Å². The Morgan fingerprint density at radius 3 is 2.48 bits per heavy atom. The average molecular weight is 362 g/mol. The number of carbonyl (C=O) groups is 1. The van der Waals surface area contributed by atoms with Gasteiger partial charge in [0.2, 0.25) is 0 Å². The van der Waals surface area contributed by atoms with Crippen LogP contribution < -0.4 is 0 Å². The number of halogens is 1. The minimum Gasteiger partial charge on any atom is -0.466 e. The molecule has 1 atom stereocenters. The van der Waals surface area contributed by atoms with Gasteiger partial charge in [-0.1, -0.05) is 48.0 Å². The van der Waals surface area contributed by atoms with Crippen LogP contribution in [0.3, 0.4) is 0 Å². The van der Waals surface area contributed by atoms with Crippen molar-refractivity contribution in [3.8, 4) is 0 Å². The molecule has 0 bridgehead atoms. The summed E-state index contributed by atoms with van der Waals surface area (Å²) in [5, 5.41) is 1.14. The normalized spacial score (nSPS) is 19.6. The second-order valence-corrected chi connectivity index (χ2v) is 6.85. The van der Waals surface area contributed by atoms with Crippen LogP contribution in [0.5, 0.6) is 0 Å². The van der Waals surface area contributed by atoms with Crippen molar-refractivity contribution in [2.24, 2.45) is 5.92 Å². The zero-order valence-electron chi connectivity index (χ0n) is 13.6. The lowest BCUT2D eigenvalue weighted by Crippen LogP contribution is -2.39. The summed E-state index contributed by atoms with van der Waals surface area (Å²) in [7, 11) is 0. The molecule has 1 fully saturated rings. The Bertz CT molecular complexity index is 274. The van der Waals surface area contributed by atoms with E-state index in [4.69, 9.17) is 4.74 Å². The molecule has 1 aliphatic rings. The summed E-state index contributed by atoms with van der Waals surface area (Å²) in [5.74, 6) is 0.122. The van der Waals surface area contributed by atoms with Crippen molar-refractivity contribution in [2.45, 2.75) is 64.7 Å². The standard InChI is InChI=1S/C17H32BrNO2/c1-2-21-17(20)16-11-10-14-19(15-16)13-9-7-5-3-4-6-8-12-18/h16H,2-15H2,1H3. The Balaban J connectivity index is 2.03. The lowest BCUT2D eigenvalue weighted by atomic mass is 9.98. The quantitative estimate of drug-likeness (QED) is 0.310. The second-order valence-electron chi connectivity index (χ2n) is 6.06.